The van der Waals surface area contributed by atoms with E-state index in [1.807, 2.05) is 0 Å². The van der Waals surface area contributed by atoms with E-state index in [-0.39, 0.29) is 23.9 Å². The number of methoxy groups -OCH3 is 1. The van der Waals surface area contributed by atoms with Gasteiger partial charge in [0.1, 0.15) is 0 Å². The number of phenols is 1. The Morgan fingerprint density at radius 1 is 1.30 bits per heavy atom. The van der Waals surface area contributed by atoms with Crippen LogP contribution in [-0.2, 0) is 11.2 Å². The summed E-state index contributed by atoms with van der Waals surface area (Å²) >= 11 is 0. The molecule has 0 saturated carbocycles. The van der Waals surface area contributed by atoms with E-state index in [4.69, 9.17) is 4.74 Å². The molecule has 0 atom stereocenters. The fraction of sp³-hybridized carbons (Fsp3) is 0.467. The molecule has 7 nitrogen and oxygen atoms in total. The standard InChI is InChI=1S/C15H20N2O5.ClH/c1-21-14(19)16-7-6-11-4-5-12(18)13(10-11)22-15(20)17-8-2-3-9-17;/h4-5,10,18H,2-3,6-9H2,1H3,(H,16,19);1H. The lowest BCUT2D eigenvalue weighted by Crippen LogP contribution is -2.30. The van der Waals surface area contributed by atoms with Gasteiger partial charge >= 0.3 is 12.2 Å². The van der Waals surface area contributed by atoms with Crippen LogP contribution in [-0.4, -0.2) is 48.9 Å². The molecule has 1 heterocycles. The molecular weight excluding hydrogens is 324 g/mol. The third kappa shape index (κ3) is 5.52. The molecule has 2 amide bonds. The number of nitrogens with zero attached hydrogens (tertiary/aromatic N) is 1. The van der Waals surface area contributed by atoms with Gasteiger partial charge < -0.3 is 24.8 Å². The predicted octanol–water partition coefficient (Wildman–Crippen LogP) is 2.31. The SMILES string of the molecule is COC(=O)NCCc1ccc(O)c(OC(=O)N2CCCC2)c1.Cl. The minimum Gasteiger partial charge on any atom is -0.504 e. The summed E-state index contributed by atoms with van der Waals surface area (Å²) in [5.41, 5.74) is 0.832. The molecule has 0 spiro atoms. The maximum absolute atomic E-state index is 11.9. The maximum Gasteiger partial charge on any atom is 0.415 e. The van der Waals surface area contributed by atoms with Crippen molar-refractivity contribution in [3.05, 3.63) is 23.8 Å². The van der Waals surface area contributed by atoms with Crippen molar-refractivity contribution in [2.75, 3.05) is 26.7 Å². The van der Waals surface area contributed by atoms with Crippen molar-refractivity contribution in [2.45, 2.75) is 19.3 Å². The molecule has 0 radical (unpaired) electrons. The summed E-state index contributed by atoms with van der Waals surface area (Å²) in [6, 6.07) is 4.78. The first-order valence-electron chi connectivity index (χ1n) is 7.20. The van der Waals surface area contributed by atoms with Gasteiger partial charge in [-0.05, 0) is 37.0 Å². The molecule has 8 heteroatoms. The number of alkyl carbamates (subject to hydrolysis) is 1. The second-order valence-corrected chi connectivity index (χ2v) is 5.03. The third-order valence-corrected chi connectivity index (χ3v) is 3.45. The Morgan fingerprint density at radius 2 is 2.00 bits per heavy atom. The fourth-order valence-corrected chi connectivity index (χ4v) is 2.24. The molecule has 1 aliphatic heterocycles. The lowest BCUT2D eigenvalue weighted by Gasteiger charge is -2.16. The monoisotopic (exact) mass is 344 g/mol. The van der Waals surface area contributed by atoms with E-state index >= 15 is 0 Å². The Hall–Kier alpha value is -2.15. The fourth-order valence-electron chi connectivity index (χ4n) is 2.24. The summed E-state index contributed by atoms with van der Waals surface area (Å²) in [4.78, 5) is 24.5. The number of rotatable bonds is 4. The van der Waals surface area contributed by atoms with Gasteiger partial charge in [-0.3, -0.25) is 0 Å². The first-order valence-corrected chi connectivity index (χ1v) is 7.20. The number of hydrogen-bond donors (Lipinski definition) is 2. The second kappa shape index (κ2) is 9.09. The van der Waals surface area contributed by atoms with Crippen LogP contribution in [0.15, 0.2) is 18.2 Å². The number of ether oxygens (including phenoxy) is 2. The van der Waals surface area contributed by atoms with Gasteiger partial charge in [-0.2, -0.15) is 0 Å². The molecule has 0 aliphatic carbocycles. The molecule has 1 aliphatic rings. The normalized spacial score (nSPS) is 13.2. The third-order valence-electron chi connectivity index (χ3n) is 3.45. The molecule has 23 heavy (non-hydrogen) atoms. The predicted molar refractivity (Wildman–Crippen MR) is 86.3 cm³/mol. The number of likely N-dealkylation sites (tertiary alicyclic amines) is 1. The molecule has 0 aromatic heterocycles. The maximum atomic E-state index is 11.9. The first-order chi connectivity index (χ1) is 10.6. The van der Waals surface area contributed by atoms with Crippen LogP contribution in [0.1, 0.15) is 18.4 Å². The van der Waals surface area contributed by atoms with Gasteiger partial charge in [0.2, 0.25) is 0 Å². The van der Waals surface area contributed by atoms with Crippen LogP contribution >= 0.6 is 12.4 Å². The molecule has 1 fully saturated rings. The van der Waals surface area contributed by atoms with E-state index < -0.39 is 12.2 Å². The number of amides is 2. The van der Waals surface area contributed by atoms with Crippen molar-refractivity contribution in [1.29, 1.82) is 0 Å². The Morgan fingerprint density at radius 3 is 2.65 bits per heavy atom. The van der Waals surface area contributed by atoms with Crippen LogP contribution in [0.25, 0.3) is 0 Å². The Labute approximate surface area is 141 Å². The highest BCUT2D eigenvalue weighted by Crippen LogP contribution is 2.28. The summed E-state index contributed by atoms with van der Waals surface area (Å²) in [7, 11) is 1.30. The molecule has 2 rings (SSSR count). The van der Waals surface area contributed by atoms with Crippen molar-refractivity contribution in [1.82, 2.24) is 10.2 Å². The number of carbonyl (C=O) groups is 2. The summed E-state index contributed by atoms with van der Waals surface area (Å²) in [5.74, 6) is 0.0460. The van der Waals surface area contributed by atoms with Crippen LogP contribution < -0.4 is 10.1 Å². The van der Waals surface area contributed by atoms with E-state index in [0.717, 1.165) is 18.4 Å². The minimum atomic E-state index is -0.500. The molecule has 1 aromatic carbocycles. The lowest BCUT2D eigenvalue weighted by molar-refractivity contribution is 0.161. The minimum absolute atomic E-state index is 0. The molecule has 1 saturated heterocycles. The van der Waals surface area contributed by atoms with Crippen LogP contribution in [0.3, 0.4) is 0 Å². The summed E-state index contributed by atoms with van der Waals surface area (Å²) in [6.07, 6.45) is 1.53. The number of aromatic hydroxyl groups is 1. The average Bonchev–Trinajstić information content (AvgIpc) is 3.04. The van der Waals surface area contributed by atoms with Gasteiger partial charge in [0.15, 0.2) is 11.5 Å². The van der Waals surface area contributed by atoms with E-state index in [9.17, 15) is 14.7 Å². The summed E-state index contributed by atoms with van der Waals surface area (Å²) in [6.45, 7) is 1.75. The van der Waals surface area contributed by atoms with Crippen molar-refractivity contribution in [3.8, 4) is 11.5 Å². The van der Waals surface area contributed by atoms with Crippen LogP contribution in [0.2, 0.25) is 0 Å². The quantitative estimate of drug-likeness (QED) is 0.875. The number of phenolic OH excluding ortho intramolecular Hbond substituents is 1. The zero-order valence-electron chi connectivity index (χ0n) is 12.9. The topological polar surface area (TPSA) is 88.1 Å². The molecule has 1 aromatic rings. The highest BCUT2D eigenvalue weighted by molar-refractivity contribution is 5.85. The van der Waals surface area contributed by atoms with E-state index in [2.05, 4.69) is 10.1 Å². The largest absolute Gasteiger partial charge is 0.504 e. The number of halogens is 1. The lowest BCUT2D eigenvalue weighted by atomic mass is 10.1. The van der Waals surface area contributed by atoms with Gasteiger partial charge in [0.25, 0.3) is 0 Å². The van der Waals surface area contributed by atoms with Crippen molar-refractivity contribution >= 4 is 24.6 Å². The number of hydrogen-bond acceptors (Lipinski definition) is 5. The molecule has 0 bridgehead atoms. The van der Waals surface area contributed by atoms with E-state index in [0.29, 0.717) is 26.1 Å². The highest BCUT2D eigenvalue weighted by Gasteiger charge is 2.21. The van der Waals surface area contributed by atoms with Crippen molar-refractivity contribution in [3.63, 3.8) is 0 Å². The zero-order chi connectivity index (χ0) is 15.9. The van der Waals surface area contributed by atoms with Crippen molar-refractivity contribution in [2.24, 2.45) is 0 Å². The number of nitrogens with one attached hydrogen (secondary N) is 1. The van der Waals surface area contributed by atoms with Gasteiger partial charge in [-0.1, -0.05) is 6.07 Å². The average molecular weight is 345 g/mol. The summed E-state index contributed by atoms with van der Waals surface area (Å²) in [5, 5.41) is 12.4. The Bertz CT molecular complexity index is 547. The Balaban J connectivity index is 0.00000264. The molecule has 2 N–H and O–H groups in total. The van der Waals surface area contributed by atoms with Crippen LogP contribution in [0, 0.1) is 0 Å². The Kier molecular flexibility index (Phi) is 7.47. The van der Waals surface area contributed by atoms with Crippen molar-refractivity contribution < 1.29 is 24.2 Å². The molecule has 0 unspecified atom stereocenters. The highest BCUT2D eigenvalue weighted by atomic mass is 35.5. The number of benzene rings is 1. The van der Waals surface area contributed by atoms with Gasteiger partial charge in [-0.15, -0.1) is 12.4 Å². The van der Waals surface area contributed by atoms with Crippen LogP contribution in [0.4, 0.5) is 9.59 Å². The van der Waals surface area contributed by atoms with Gasteiger partial charge in [0.05, 0.1) is 7.11 Å². The van der Waals surface area contributed by atoms with Gasteiger partial charge in [-0.25, -0.2) is 9.59 Å². The second-order valence-electron chi connectivity index (χ2n) is 5.03. The van der Waals surface area contributed by atoms with E-state index in [1.165, 1.54) is 13.2 Å². The first kappa shape index (κ1) is 18.9. The smallest absolute Gasteiger partial charge is 0.415 e. The zero-order valence-corrected chi connectivity index (χ0v) is 13.7. The molecular formula is C15H21ClN2O5. The molecule has 128 valence electrons. The van der Waals surface area contributed by atoms with Gasteiger partial charge in [0, 0.05) is 19.6 Å². The van der Waals surface area contributed by atoms with Crippen LogP contribution in [0.5, 0.6) is 11.5 Å². The van der Waals surface area contributed by atoms with E-state index in [1.54, 1.807) is 17.0 Å². The number of carbonyl (C=O) groups excluding carboxylic acids is 2. The summed E-state index contributed by atoms with van der Waals surface area (Å²) < 4.78 is 9.72.